The van der Waals surface area contributed by atoms with Gasteiger partial charge in [-0.2, -0.15) is 5.26 Å². The number of fused-ring (bicyclic) bond motifs is 1. The number of rotatable bonds is 7. The Balaban J connectivity index is 1.45. The zero-order valence-electron chi connectivity index (χ0n) is 17.6. The van der Waals surface area contributed by atoms with Gasteiger partial charge in [-0.15, -0.1) is 10.2 Å². The van der Waals surface area contributed by atoms with Gasteiger partial charge < -0.3 is 14.5 Å². The Bertz CT molecular complexity index is 1480. The Labute approximate surface area is 203 Å². The van der Waals surface area contributed by atoms with Crippen LogP contribution in [0.15, 0.2) is 82.3 Å². The first-order chi connectivity index (χ1) is 16.6. The molecule has 168 valence electrons. The number of hydrogen-bond donors (Lipinski definition) is 2. The Morgan fingerprint density at radius 3 is 2.68 bits per heavy atom. The number of hydrogen-bond acceptors (Lipinski definition) is 7. The summed E-state index contributed by atoms with van der Waals surface area (Å²) in [7, 11) is 0. The molecular formula is C24H17ClN6O2S. The number of halogens is 1. The van der Waals surface area contributed by atoms with E-state index in [4.69, 9.17) is 16.0 Å². The highest BCUT2D eigenvalue weighted by atomic mass is 35.5. The Kier molecular flexibility index (Phi) is 6.08. The Morgan fingerprint density at radius 1 is 1.12 bits per heavy atom. The van der Waals surface area contributed by atoms with E-state index in [2.05, 4.69) is 26.2 Å². The number of aromatic nitrogens is 5. The van der Waals surface area contributed by atoms with E-state index in [1.807, 2.05) is 53.1 Å². The smallest absolute Gasteiger partial charge is 0.192 e. The SMILES string of the molecule is N#C/C(=C(/O)CSc1nnc(-c2ccc(Cl)cc2)n1Cc1ccco1)c1nc2ccccc2[nH]1. The summed E-state index contributed by atoms with van der Waals surface area (Å²) >= 11 is 7.30. The number of aromatic amines is 1. The van der Waals surface area contributed by atoms with E-state index in [0.717, 1.165) is 22.4 Å². The minimum absolute atomic E-state index is 0.0822. The molecule has 0 aliphatic heterocycles. The second-order valence-corrected chi connectivity index (χ2v) is 8.68. The number of para-hydroxylation sites is 2. The highest BCUT2D eigenvalue weighted by Crippen LogP contribution is 2.28. The molecule has 10 heteroatoms. The molecule has 0 saturated carbocycles. The number of H-pyrrole nitrogens is 1. The van der Waals surface area contributed by atoms with Crippen LogP contribution in [0.5, 0.6) is 0 Å². The van der Waals surface area contributed by atoms with Gasteiger partial charge in [-0.1, -0.05) is 35.5 Å². The lowest BCUT2D eigenvalue weighted by molar-refractivity contribution is 0.420. The minimum Gasteiger partial charge on any atom is -0.510 e. The summed E-state index contributed by atoms with van der Waals surface area (Å²) in [5.41, 5.74) is 2.43. The number of benzene rings is 2. The normalized spacial score (nSPS) is 12.0. The van der Waals surface area contributed by atoms with Crippen molar-refractivity contribution in [1.29, 1.82) is 5.26 Å². The van der Waals surface area contributed by atoms with Gasteiger partial charge >= 0.3 is 0 Å². The predicted octanol–water partition coefficient (Wildman–Crippen LogP) is 5.70. The van der Waals surface area contributed by atoms with Gasteiger partial charge in [-0.25, -0.2) is 4.98 Å². The van der Waals surface area contributed by atoms with Crippen molar-refractivity contribution in [1.82, 2.24) is 24.7 Å². The van der Waals surface area contributed by atoms with Crippen LogP contribution in [0.4, 0.5) is 0 Å². The first-order valence-electron chi connectivity index (χ1n) is 10.2. The molecule has 0 spiro atoms. The van der Waals surface area contributed by atoms with Crippen molar-refractivity contribution in [3.05, 3.63) is 89.3 Å². The predicted molar refractivity (Wildman–Crippen MR) is 130 cm³/mol. The van der Waals surface area contributed by atoms with Gasteiger partial charge in [-0.3, -0.25) is 4.57 Å². The topological polar surface area (TPSA) is 117 Å². The number of nitrogens with zero attached hydrogens (tertiary/aromatic N) is 5. The van der Waals surface area contributed by atoms with Crippen LogP contribution in [-0.4, -0.2) is 35.6 Å². The number of nitriles is 1. The fourth-order valence-corrected chi connectivity index (χ4v) is 4.38. The van der Waals surface area contributed by atoms with Crippen molar-refractivity contribution in [2.45, 2.75) is 11.7 Å². The summed E-state index contributed by atoms with van der Waals surface area (Å²) in [6.45, 7) is 0.402. The van der Waals surface area contributed by atoms with E-state index in [0.29, 0.717) is 28.4 Å². The molecule has 0 unspecified atom stereocenters. The standard InChI is InChI=1S/C24H17ClN6O2S/c25-16-9-7-15(8-10-16)23-29-30-24(31(23)13-17-4-3-11-33-17)34-14-21(32)18(12-26)22-27-19-5-1-2-6-20(19)28-22/h1-11,32H,13-14H2,(H,27,28)/b21-18-. The highest BCUT2D eigenvalue weighted by Gasteiger charge is 2.18. The number of thioether (sulfide) groups is 1. The third kappa shape index (κ3) is 4.41. The molecule has 2 N–H and O–H groups in total. The quantitative estimate of drug-likeness (QED) is 0.171. The molecule has 0 atom stereocenters. The van der Waals surface area contributed by atoms with Gasteiger partial charge in [0.25, 0.3) is 0 Å². The molecule has 0 fully saturated rings. The van der Waals surface area contributed by atoms with Crippen molar-refractivity contribution in [3.8, 4) is 17.5 Å². The van der Waals surface area contributed by atoms with Crippen LogP contribution in [0.3, 0.4) is 0 Å². The molecule has 0 aliphatic carbocycles. The molecule has 2 aromatic carbocycles. The Hall–Kier alpha value is -4.00. The van der Waals surface area contributed by atoms with Crippen LogP contribution < -0.4 is 0 Å². The monoisotopic (exact) mass is 488 g/mol. The Morgan fingerprint density at radius 2 is 1.94 bits per heavy atom. The maximum Gasteiger partial charge on any atom is 0.192 e. The molecule has 8 nitrogen and oxygen atoms in total. The summed E-state index contributed by atoms with van der Waals surface area (Å²) in [5, 5.41) is 30.3. The molecule has 34 heavy (non-hydrogen) atoms. The zero-order valence-corrected chi connectivity index (χ0v) is 19.2. The summed E-state index contributed by atoms with van der Waals surface area (Å²) < 4.78 is 7.41. The zero-order chi connectivity index (χ0) is 23.5. The molecule has 0 radical (unpaired) electrons. The second kappa shape index (κ2) is 9.47. The van der Waals surface area contributed by atoms with Gasteiger partial charge in [-0.05, 0) is 48.5 Å². The molecule has 0 amide bonds. The van der Waals surface area contributed by atoms with E-state index < -0.39 is 0 Å². The van der Waals surface area contributed by atoms with Crippen LogP contribution in [0.2, 0.25) is 5.02 Å². The van der Waals surface area contributed by atoms with Crippen LogP contribution in [0, 0.1) is 11.3 Å². The molecule has 0 saturated heterocycles. The fourth-order valence-electron chi connectivity index (χ4n) is 3.44. The number of imidazole rings is 1. The van der Waals surface area contributed by atoms with E-state index in [9.17, 15) is 10.4 Å². The lowest BCUT2D eigenvalue weighted by atomic mass is 10.2. The van der Waals surface area contributed by atoms with Crippen LogP contribution in [0.25, 0.3) is 28.0 Å². The van der Waals surface area contributed by atoms with E-state index in [1.165, 1.54) is 11.8 Å². The fraction of sp³-hybridized carbons (Fsp3) is 0.0833. The van der Waals surface area contributed by atoms with Crippen molar-refractivity contribution in [2.24, 2.45) is 0 Å². The number of aliphatic hydroxyl groups excluding tert-OH is 1. The largest absolute Gasteiger partial charge is 0.510 e. The average Bonchev–Trinajstić information content (AvgIpc) is 3.59. The van der Waals surface area contributed by atoms with Crippen molar-refractivity contribution < 1.29 is 9.52 Å². The van der Waals surface area contributed by atoms with Crippen LogP contribution in [0.1, 0.15) is 11.6 Å². The lowest BCUT2D eigenvalue weighted by Crippen LogP contribution is -2.04. The number of allylic oxidation sites excluding steroid dienone is 1. The number of aliphatic hydroxyl groups is 1. The molecule has 0 bridgehead atoms. The lowest BCUT2D eigenvalue weighted by Gasteiger charge is -2.09. The summed E-state index contributed by atoms with van der Waals surface area (Å²) in [5.74, 6) is 1.69. The average molecular weight is 489 g/mol. The first kappa shape index (κ1) is 21.8. The van der Waals surface area contributed by atoms with Crippen molar-refractivity contribution in [3.63, 3.8) is 0 Å². The molecular weight excluding hydrogens is 472 g/mol. The van der Waals surface area contributed by atoms with Crippen LogP contribution in [-0.2, 0) is 6.54 Å². The summed E-state index contributed by atoms with van der Waals surface area (Å²) in [6, 6.07) is 20.5. The highest BCUT2D eigenvalue weighted by molar-refractivity contribution is 7.99. The third-order valence-electron chi connectivity index (χ3n) is 5.08. The molecule has 0 aliphatic rings. The van der Waals surface area contributed by atoms with Gasteiger partial charge in [0, 0.05) is 10.6 Å². The summed E-state index contributed by atoms with van der Waals surface area (Å²) in [6.07, 6.45) is 1.61. The molecule has 3 aromatic heterocycles. The molecule has 5 rings (SSSR count). The maximum atomic E-state index is 10.7. The number of furan rings is 1. The van der Waals surface area contributed by atoms with E-state index in [-0.39, 0.29) is 17.1 Å². The minimum atomic E-state index is -0.104. The molecule has 5 aromatic rings. The molecule has 3 heterocycles. The first-order valence-corrected chi connectivity index (χ1v) is 11.6. The maximum absolute atomic E-state index is 10.7. The third-order valence-corrected chi connectivity index (χ3v) is 6.31. The second-order valence-electron chi connectivity index (χ2n) is 7.30. The van der Waals surface area contributed by atoms with Crippen molar-refractivity contribution >= 4 is 40.0 Å². The van der Waals surface area contributed by atoms with E-state index >= 15 is 0 Å². The summed E-state index contributed by atoms with van der Waals surface area (Å²) in [4.78, 5) is 7.50. The van der Waals surface area contributed by atoms with E-state index in [1.54, 1.807) is 18.4 Å². The van der Waals surface area contributed by atoms with Crippen LogP contribution >= 0.6 is 23.4 Å². The van der Waals surface area contributed by atoms with Crippen molar-refractivity contribution in [2.75, 3.05) is 5.75 Å². The van der Waals surface area contributed by atoms with Gasteiger partial charge in [0.1, 0.15) is 23.2 Å². The number of nitrogens with one attached hydrogen (secondary N) is 1. The van der Waals surface area contributed by atoms with Gasteiger partial charge in [0.2, 0.25) is 0 Å². The van der Waals surface area contributed by atoms with Gasteiger partial charge in [0.15, 0.2) is 16.8 Å². The van der Waals surface area contributed by atoms with Gasteiger partial charge in [0.05, 0.1) is 29.6 Å².